The summed E-state index contributed by atoms with van der Waals surface area (Å²) in [7, 11) is 0. The highest BCUT2D eigenvalue weighted by Gasteiger charge is 2.40. The van der Waals surface area contributed by atoms with Gasteiger partial charge in [0.2, 0.25) is 0 Å². The first-order valence-corrected chi connectivity index (χ1v) is 7.60. The van der Waals surface area contributed by atoms with Crippen molar-refractivity contribution in [2.45, 2.75) is 64.1 Å². The monoisotopic (exact) mass is 280 g/mol. The van der Waals surface area contributed by atoms with E-state index in [4.69, 9.17) is 14.2 Å². The lowest BCUT2D eigenvalue weighted by Gasteiger charge is -2.35. The van der Waals surface area contributed by atoms with E-state index >= 15 is 0 Å². The lowest BCUT2D eigenvalue weighted by molar-refractivity contribution is -0.192. The summed E-state index contributed by atoms with van der Waals surface area (Å²) >= 11 is 0. The molecule has 1 aliphatic heterocycles. The third-order valence-electron chi connectivity index (χ3n) is 4.17. The van der Waals surface area contributed by atoms with Gasteiger partial charge in [0.15, 0.2) is 5.79 Å². The normalized spacial score (nSPS) is 22.9. The Morgan fingerprint density at radius 1 is 1.35 bits per heavy atom. The van der Waals surface area contributed by atoms with Crippen LogP contribution in [0.25, 0.3) is 0 Å². The Bertz CT molecular complexity index is 428. The minimum absolute atomic E-state index is 0.293. The molecule has 0 amide bonds. The number of nitrogens with zero attached hydrogens (tertiary/aromatic N) is 2. The molecule has 1 spiro atoms. The molecule has 1 saturated heterocycles. The predicted molar refractivity (Wildman–Crippen MR) is 74.3 cm³/mol. The first kappa shape index (κ1) is 14.0. The maximum absolute atomic E-state index is 5.98. The molecule has 2 heterocycles. The van der Waals surface area contributed by atoms with Gasteiger partial charge in [-0.2, -0.15) is 5.10 Å². The highest BCUT2D eigenvalue weighted by Crippen LogP contribution is 2.36. The molecule has 0 unspecified atom stereocenters. The van der Waals surface area contributed by atoms with Gasteiger partial charge in [-0.25, -0.2) is 0 Å². The van der Waals surface area contributed by atoms with Gasteiger partial charge in [0.25, 0.3) is 0 Å². The molecule has 1 saturated carbocycles. The van der Waals surface area contributed by atoms with E-state index in [9.17, 15) is 0 Å². The summed E-state index contributed by atoms with van der Waals surface area (Å²) in [6.07, 6.45) is 6.21. The average Bonchev–Trinajstić information content (AvgIpc) is 3.08. The van der Waals surface area contributed by atoms with E-state index in [-0.39, 0.29) is 5.79 Å². The van der Waals surface area contributed by atoms with E-state index in [1.54, 1.807) is 0 Å². The van der Waals surface area contributed by atoms with E-state index in [1.165, 1.54) is 0 Å². The Kier molecular flexibility index (Phi) is 4.10. The lowest BCUT2D eigenvalue weighted by Crippen LogP contribution is -2.37. The van der Waals surface area contributed by atoms with Crippen molar-refractivity contribution in [3.05, 3.63) is 18.0 Å². The summed E-state index contributed by atoms with van der Waals surface area (Å²) in [6.45, 7) is 6.31. The smallest absolute Gasteiger partial charge is 0.168 e. The van der Waals surface area contributed by atoms with Crippen LogP contribution in [0.4, 0.5) is 0 Å². The summed E-state index contributed by atoms with van der Waals surface area (Å²) in [5, 5.41) is 4.51. The van der Waals surface area contributed by atoms with Crippen molar-refractivity contribution < 1.29 is 14.2 Å². The molecule has 5 heteroatoms. The van der Waals surface area contributed by atoms with Crippen molar-refractivity contribution >= 4 is 0 Å². The van der Waals surface area contributed by atoms with Crippen LogP contribution in [0.15, 0.2) is 12.3 Å². The lowest BCUT2D eigenvalue weighted by atomic mass is 9.92. The molecule has 0 radical (unpaired) electrons. The second-order valence-corrected chi connectivity index (χ2v) is 6.00. The first-order valence-electron chi connectivity index (χ1n) is 7.60. The molecule has 1 aromatic heterocycles. The van der Waals surface area contributed by atoms with Gasteiger partial charge in [0.05, 0.1) is 31.6 Å². The summed E-state index contributed by atoms with van der Waals surface area (Å²) in [5.41, 5.74) is 1.01. The zero-order chi connectivity index (χ0) is 14.0. The zero-order valence-corrected chi connectivity index (χ0v) is 12.4. The van der Waals surface area contributed by atoms with Gasteiger partial charge >= 0.3 is 0 Å². The van der Waals surface area contributed by atoms with Crippen molar-refractivity contribution in [1.29, 1.82) is 0 Å². The van der Waals surface area contributed by atoms with Crippen LogP contribution >= 0.6 is 0 Å². The third-order valence-corrected chi connectivity index (χ3v) is 4.17. The Balaban J connectivity index is 1.45. The fourth-order valence-electron chi connectivity index (χ4n) is 2.93. The van der Waals surface area contributed by atoms with Crippen molar-refractivity contribution in [3.8, 4) is 0 Å². The van der Waals surface area contributed by atoms with Crippen LogP contribution in [0.5, 0.6) is 0 Å². The summed E-state index contributed by atoms with van der Waals surface area (Å²) in [4.78, 5) is 0. The summed E-state index contributed by atoms with van der Waals surface area (Å²) in [6, 6.07) is 2.43. The quantitative estimate of drug-likeness (QED) is 0.850. The molecule has 1 aliphatic carbocycles. The number of hydrogen-bond donors (Lipinski definition) is 0. The van der Waals surface area contributed by atoms with Crippen molar-refractivity contribution in [2.24, 2.45) is 0 Å². The zero-order valence-electron chi connectivity index (χ0n) is 12.4. The fourth-order valence-corrected chi connectivity index (χ4v) is 2.93. The van der Waals surface area contributed by atoms with E-state index in [1.807, 2.05) is 16.9 Å². The molecule has 0 N–H and O–H groups in total. The van der Waals surface area contributed by atoms with Gasteiger partial charge in [-0.05, 0) is 32.8 Å². The van der Waals surface area contributed by atoms with Crippen LogP contribution < -0.4 is 0 Å². The third kappa shape index (κ3) is 3.05. The largest absolute Gasteiger partial charge is 0.372 e. The summed E-state index contributed by atoms with van der Waals surface area (Å²) < 4.78 is 19.4. The number of hydrogen-bond acceptors (Lipinski definition) is 4. The highest BCUT2D eigenvalue weighted by atomic mass is 16.7. The number of ether oxygens (including phenoxy) is 3. The molecule has 3 rings (SSSR count). The SMILES string of the molecule is CC(C)n1ccc(COC2CCC3(CC2)OCCO3)n1. The van der Waals surface area contributed by atoms with Gasteiger partial charge in [-0.15, -0.1) is 0 Å². The molecule has 5 nitrogen and oxygen atoms in total. The van der Waals surface area contributed by atoms with Gasteiger partial charge in [0.1, 0.15) is 0 Å². The number of aromatic nitrogens is 2. The van der Waals surface area contributed by atoms with Crippen LogP contribution in [-0.4, -0.2) is 34.9 Å². The van der Waals surface area contributed by atoms with Crippen LogP contribution in [0.2, 0.25) is 0 Å². The maximum Gasteiger partial charge on any atom is 0.168 e. The molecular formula is C15H24N2O3. The number of rotatable bonds is 4. The second-order valence-electron chi connectivity index (χ2n) is 6.00. The van der Waals surface area contributed by atoms with Crippen LogP contribution in [0.1, 0.15) is 51.3 Å². The van der Waals surface area contributed by atoms with Crippen LogP contribution in [0, 0.1) is 0 Å². The van der Waals surface area contributed by atoms with Crippen LogP contribution in [-0.2, 0) is 20.8 Å². The molecule has 2 aliphatic rings. The van der Waals surface area contributed by atoms with Gasteiger partial charge < -0.3 is 14.2 Å². The molecule has 0 bridgehead atoms. The molecule has 1 aromatic rings. The fraction of sp³-hybridized carbons (Fsp3) is 0.800. The van der Waals surface area contributed by atoms with Crippen molar-refractivity contribution in [1.82, 2.24) is 9.78 Å². The minimum atomic E-state index is -0.293. The Morgan fingerprint density at radius 2 is 2.05 bits per heavy atom. The molecular weight excluding hydrogens is 256 g/mol. The average molecular weight is 280 g/mol. The van der Waals surface area contributed by atoms with E-state index in [2.05, 4.69) is 18.9 Å². The van der Waals surface area contributed by atoms with E-state index in [0.29, 0.717) is 18.8 Å². The van der Waals surface area contributed by atoms with Crippen LogP contribution in [0.3, 0.4) is 0 Å². The standard InChI is InChI=1S/C15H24N2O3/c1-12(2)17-8-5-13(16-17)11-18-14-3-6-15(7-4-14)19-9-10-20-15/h5,8,12,14H,3-4,6-7,9-11H2,1-2H3. The minimum Gasteiger partial charge on any atom is -0.372 e. The second kappa shape index (κ2) is 5.84. The summed E-state index contributed by atoms with van der Waals surface area (Å²) in [5.74, 6) is -0.293. The molecule has 0 atom stereocenters. The van der Waals surface area contributed by atoms with E-state index < -0.39 is 0 Å². The van der Waals surface area contributed by atoms with Crippen molar-refractivity contribution in [2.75, 3.05) is 13.2 Å². The van der Waals surface area contributed by atoms with Gasteiger partial charge in [0, 0.05) is 25.1 Å². The topological polar surface area (TPSA) is 45.5 Å². The Morgan fingerprint density at radius 3 is 2.65 bits per heavy atom. The van der Waals surface area contributed by atoms with Gasteiger partial charge in [-0.3, -0.25) is 4.68 Å². The molecule has 0 aromatic carbocycles. The van der Waals surface area contributed by atoms with Crippen molar-refractivity contribution in [3.63, 3.8) is 0 Å². The van der Waals surface area contributed by atoms with E-state index in [0.717, 1.165) is 44.6 Å². The molecule has 2 fully saturated rings. The molecule has 112 valence electrons. The molecule has 20 heavy (non-hydrogen) atoms. The predicted octanol–water partition coefficient (Wildman–Crippen LogP) is 2.67. The maximum atomic E-state index is 5.98. The van der Waals surface area contributed by atoms with Gasteiger partial charge in [-0.1, -0.05) is 0 Å². The Labute approximate surface area is 120 Å². The highest BCUT2D eigenvalue weighted by molar-refractivity contribution is 4.98. The Hall–Kier alpha value is -0.910. The first-order chi connectivity index (χ1) is 9.67.